The van der Waals surface area contributed by atoms with Crippen LogP contribution < -0.4 is 5.84 Å². The second kappa shape index (κ2) is 4.46. The smallest absolute Gasteiger partial charge is 0.278 e. The number of nitrogens with two attached hydrogens (primary N) is 1. The van der Waals surface area contributed by atoms with Crippen molar-refractivity contribution in [3.63, 3.8) is 0 Å². The summed E-state index contributed by atoms with van der Waals surface area (Å²) in [6, 6.07) is 10.2. The third kappa shape index (κ3) is 2.03. The SMILES string of the molecule is CC(=O)N(N)C(=O)c1cc2ccccc2cc1O. The van der Waals surface area contributed by atoms with Gasteiger partial charge in [-0.05, 0) is 22.9 Å². The minimum absolute atomic E-state index is 0.00593. The highest BCUT2D eigenvalue weighted by molar-refractivity contribution is 6.07. The Kier molecular flexibility index (Phi) is 2.99. The van der Waals surface area contributed by atoms with Crippen LogP contribution in [-0.4, -0.2) is 21.9 Å². The van der Waals surface area contributed by atoms with Crippen molar-refractivity contribution in [2.24, 2.45) is 5.84 Å². The summed E-state index contributed by atoms with van der Waals surface area (Å²) in [5.74, 6) is 3.81. The van der Waals surface area contributed by atoms with Crippen molar-refractivity contribution < 1.29 is 14.7 Å². The molecule has 0 aromatic heterocycles. The van der Waals surface area contributed by atoms with E-state index in [2.05, 4.69) is 0 Å². The summed E-state index contributed by atoms with van der Waals surface area (Å²) in [5.41, 5.74) is 0.00593. The zero-order chi connectivity index (χ0) is 13.3. The van der Waals surface area contributed by atoms with Crippen molar-refractivity contribution in [2.45, 2.75) is 6.92 Å². The number of imide groups is 1. The zero-order valence-electron chi connectivity index (χ0n) is 9.75. The van der Waals surface area contributed by atoms with Crippen molar-refractivity contribution in [1.82, 2.24) is 5.01 Å². The molecule has 0 radical (unpaired) electrons. The number of hydrogen-bond acceptors (Lipinski definition) is 4. The third-order valence-electron chi connectivity index (χ3n) is 2.65. The molecule has 0 bridgehead atoms. The van der Waals surface area contributed by atoms with E-state index in [9.17, 15) is 14.7 Å². The molecule has 18 heavy (non-hydrogen) atoms. The Morgan fingerprint density at radius 2 is 1.72 bits per heavy atom. The van der Waals surface area contributed by atoms with E-state index >= 15 is 0 Å². The Hall–Kier alpha value is -2.40. The molecule has 0 heterocycles. The highest BCUT2D eigenvalue weighted by Crippen LogP contribution is 2.25. The van der Waals surface area contributed by atoms with E-state index < -0.39 is 11.8 Å². The summed E-state index contributed by atoms with van der Waals surface area (Å²) in [6.07, 6.45) is 0. The Bertz CT molecular complexity index is 637. The first-order valence-electron chi connectivity index (χ1n) is 5.32. The summed E-state index contributed by atoms with van der Waals surface area (Å²) < 4.78 is 0. The summed E-state index contributed by atoms with van der Waals surface area (Å²) >= 11 is 0. The number of phenolic OH excluding ortho intramolecular Hbond substituents is 1. The minimum Gasteiger partial charge on any atom is -0.507 e. The van der Waals surface area contributed by atoms with E-state index in [0.717, 1.165) is 10.8 Å². The molecule has 2 aromatic rings. The molecule has 0 saturated heterocycles. The molecule has 0 aliphatic rings. The topological polar surface area (TPSA) is 83.6 Å². The van der Waals surface area contributed by atoms with Crippen molar-refractivity contribution in [1.29, 1.82) is 0 Å². The lowest BCUT2D eigenvalue weighted by atomic mass is 10.1. The monoisotopic (exact) mass is 244 g/mol. The number of fused-ring (bicyclic) bond motifs is 1. The van der Waals surface area contributed by atoms with E-state index in [-0.39, 0.29) is 11.3 Å². The summed E-state index contributed by atoms with van der Waals surface area (Å²) in [6.45, 7) is 1.18. The number of nitrogens with zero attached hydrogens (tertiary/aromatic N) is 1. The predicted molar refractivity (Wildman–Crippen MR) is 66.7 cm³/mol. The zero-order valence-corrected chi connectivity index (χ0v) is 9.75. The first-order chi connectivity index (χ1) is 8.50. The Morgan fingerprint density at radius 3 is 2.28 bits per heavy atom. The number of aromatic hydroxyl groups is 1. The number of carbonyl (C=O) groups is 2. The lowest BCUT2D eigenvalue weighted by Gasteiger charge is -2.13. The molecule has 5 heteroatoms. The number of hydrogen-bond donors (Lipinski definition) is 2. The Balaban J connectivity index is 2.54. The normalized spacial score (nSPS) is 10.3. The van der Waals surface area contributed by atoms with E-state index in [1.807, 2.05) is 18.2 Å². The molecule has 0 aliphatic carbocycles. The molecule has 2 amide bonds. The van der Waals surface area contributed by atoms with Gasteiger partial charge in [-0.2, -0.15) is 0 Å². The fourth-order valence-corrected chi connectivity index (χ4v) is 1.67. The average Bonchev–Trinajstić information content (AvgIpc) is 2.36. The first kappa shape index (κ1) is 12.1. The summed E-state index contributed by atoms with van der Waals surface area (Å²) in [5, 5.41) is 11.9. The van der Waals surface area contributed by atoms with Gasteiger partial charge in [0.15, 0.2) is 0 Å². The minimum atomic E-state index is -0.731. The Labute approximate surface area is 103 Å². The van der Waals surface area contributed by atoms with Gasteiger partial charge in [0, 0.05) is 6.92 Å². The average molecular weight is 244 g/mol. The van der Waals surface area contributed by atoms with Crippen LogP contribution in [0.1, 0.15) is 17.3 Å². The number of phenols is 1. The molecule has 0 aliphatic heterocycles. The van der Waals surface area contributed by atoms with Gasteiger partial charge < -0.3 is 5.11 Å². The third-order valence-corrected chi connectivity index (χ3v) is 2.65. The molecule has 2 aromatic carbocycles. The lowest BCUT2D eigenvalue weighted by Crippen LogP contribution is -2.41. The van der Waals surface area contributed by atoms with E-state index in [1.54, 1.807) is 6.07 Å². The van der Waals surface area contributed by atoms with E-state index in [1.165, 1.54) is 19.1 Å². The molecule has 2 rings (SSSR count). The number of carbonyl (C=O) groups excluding carboxylic acids is 2. The molecule has 0 spiro atoms. The lowest BCUT2D eigenvalue weighted by molar-refractivity contribution is -0.126. The van der Waals surface area contributed by atoms with Crippen molar-refractivity contribution in [2.75, 3.05) is 0 Å². The van der Waals surface area contributed by atoms with Crippen LogP contribution in [0.5, 0.6) is 5.75 Å². The molecule has 92 valence electrons. The molecular weight excluding hydrogens is 232 g/mol. The van der Waals surface area contributed by atoms with E-state index in [0.29, 0.717) is 5.01 Å². The quantitative estimate of drug-likeness (QED) is 0.451. The maximum atomic E-state index is 11.9. The highest BCUT2D eigenvalue weighted by atomic mass is 16.3. The maximum absolute atomic E-state index is 11.9. The first-order valence-corrected chi connectivity index (χ1v) is 5.32. The number of benzene rings is 2. The van der Waals surface area contributed by atoms with Gasteiger partial charge in [-0.1, -0.05) is 24.3 Å². The maximum Gasteiger partial charge on any atom is 0.278 e. The van der Waals surface area contributed by atoms with Gasteiger partial charge in [0.1, 0.15) is 5.75 Å². The summed E-state index contributed by atoms with van der Waals surface area (Å²) in [4.78, 5) is 22.9. The van der Waals surface area contributed by atoms with Crippen molar-refractivity contribution in [3.8, 4) is 5.75 Å². The van der Waals surface area contributed by atoms with Crippen molar-refractivity contribution >= 4 is 22.6 Å². The van der Waals surface area contributed by atoms with Crippen LogP contribution in [-0.2, 0) is 4.79 Å². The standard InChI is InChI=1S/C13H12N2O3/c1-8(16)15(14)13(18)11-6-9-4-2-3-5-10(9)7-12(11)17/h2-7,17H,14H2,1H3. The van der Waals surface area contributed by atoms with Gasteiger partial charge in [-0.3, -0.25) is 9.59 Å². The van der Waals surface area contributed by atoms with Crippen LogP contribution in [0.15, 0.2) is 36.4 Å². The van der Waals surface area contributed by atoms with Gasteiger partial charge in [0.2, 0.25) is 5.91 Å². The molecule has 0 unspecified atom stereocenters. The number of rotatable bonds is 1. The van der Waals surface area contributed by atoms with Gasteiger partial charge >= 0.3 is 0 Å². The van der Waals surface area contributed by atoms with Crippen LogP contribution >= 0.6 is 0 Å². The highest BCUT2D eigenvalue weighted by Gasteiger charge is 2.19. The predicted octanol–water partition coefficient (Wildman–Crippen LogP) is 1.41. The van der Waals surface area contributed by atoms with Gasteiger partial charge in [-0.25, -0.2) is 10.9 Å². The second-order valence-corrected chi connectivity index (χ2v) is 3.91. The fourth-order valence-electron chi connectivity index (χ4n) is 1.67. The van der Waals surface area contributed by atoms with Gasteiger partial charge in [-0.15, -0.1) is 0 Å². The number of hydrazine groups is 1. The molecule has 0 fully saturated rings. The molecule has 3 N–H and O–H groups in total. The molecule has 5 nitrogen and oxygen atoms in total. The van der Waals surface area contributed by atoms with Crippen LogP contribution in [0, 0.1) is 0 Å². The van der Waals surface area contributed by atoms with Crippen molar-refractivity contribution in [3.05, 3.63) is 42.0 Å². The molecule has 0 saturated carbocycles. The van der Waals surface area contributed by atoms with Crippen LogP contribution in [0.2, 0.25) is 0 Å². The molecular formula is C13H12N2O3. The molecule has 0 atom stereocenters. The van der Waals surface area contributed by atoms with Gasteiger partial charge in [0.05, 0.1) is 5.56 Å². The van der Waals surface area contributed by atoms with Crippen LogP contribution in [0.3, 0.4) is 0 Å². The largest absolute Gasteiger partial charge is 0.507 e. The number of amides is 2. The second-order valence-electron chi connectivity index (χ2n) is 3.91. The van der Waals surface area contributed by atoms with Crippen LogP contribution in [0.4, 0.5) is 0 Å². The Morgan fingerprint density at radius 1 is 1.17 bits per heavy atom. The van der Waals surface area contributed by atoms with Gasteiger partial charge in [0.25, 0.3) is 5.91 Å². The van der Waals surface area contributed by atoms with Crippen LogP contribution in [0.25, 0.3) is 10.8 Å². The fraction of sp³-hybridized carbons (Fsp3) is 0.0769. The summed E-state index contributed by atoms with van der Waals surface area (Å²) in [7, 11) is 0. The van der Waals surface area contributed by atoms with E-state index in [4.69, 9.17) is 5.84 Å².